The number of non-ortho nitro benzene ring substituents is 1. The van der Waals surface area contributed by atoms with Gasteiger partial charge in [0, 0.05) is 18.1 Å². The van der Waals surface area contributed by atoms with Crippen LogP contribution >= 0.6 is 0 Å². The van der Waals surface area contributed by atoms with Gasteiger partial charge in [-0.15, -0.1) is 0 Å². The van der Waals surface area contributed by atoms with E-state index in [0.29, 0.717) is 0 Å². The van der Waals surface area contributed by atoms with E-state index < -0.39 is 4.92 Å². The summed E-state index contributed by atoms with van der Waals surface area (Å²) in [6.45, 7) is 0.0189. The van der Waals surface area contributed by atoms with Gasteiger partial charge in [0.1, 0.15) is 0 Å². The van der Waals surface area contributed by atoms with Crippen LogP contribution in [0.15, 0.2) is 42.5 Å². The Morgan fingerprint density at radius 1 is 1.44 bits per heavy atom. The maximum atomic E-state index is 10.6. The number of benzene rings is 1. The smallest absolute Gasteiger partial charge is 0.270 e. The van der Waals surface area contributed by atoms with Gasteiger partial charge >= 0.3 is 0 Å². The van der Waals surface area contributed by atoms with Crippen LogP contribution in [0.2, 0.25) is 0 Å². The van der Waals surface area contributed by atoms with Gasteiger partial charge in [-0.25, -0.2) is 0 Å². The molecule has 1 aliphatic carbocycles. The van der Waals surface area contributed by atoms with Gasteiger partial charge in [0.15, 0.2) is 0 Å². The highest BCUT2D eigenvalue weighted by Gasteiger charge is 2.17. The van der Waals surface area contributed by atoms with Crippen molar-refractivity contribution in [3.8, 4) is 0 Å². The van der Waals surface area contributed by atoms with Crippen LogP contribution in [0.3, 0.4) is 0 Å². The van der Waals surface area contributed by atoms with Crippen LogP contribution in [0.5, 0.6) is 0 Å². The monoisotopic (exact) mass is 217 g/mol. The van der Waals surface area contributed by atoms with Crippen molar-refractivity contribution in [1.29, 1.82) is 0 Å². The molecule has 4 heteroatoms. The third kappa shape index (κ3) is 1.87. The first-order chi connectivity index (χ1) is 7.72. The largest absolute Gasteiger partial charge is 0.395 e. The van der Waals surface area contributed by atoms with Gasteiger partial charge in [-0.05, 0) is 11.1 Å². The summed E-state index contributed by atoms with van der Waals surface area (Å²) in [7, 11) is 0. The number of aliphatic hydroxyl groups excluding tert-OH is 1. The zero-order valence-electron chi connectivity index (χ0n) is 8.54. The zero-order valence-corrected chi connectivity index (χ0v) is 8.54. The average molecular weight is 217 g/mol. The molecule has 1 aromatic carbocycles. The van der Waals surface area contributed by atoms with Crippen LogP contribution in [0.1, 0.15) is 5.56 Å². The molecule has 1 aliphatic rings. The molecule has 0 aromatic heterocycles. The molecular formula is C12H11NO3. The van der Waals surface area contributed by atoms with Crippen molar-refractivity contribution in [2.45, 2.75) is 0 Å². The molecule has 0 saturated carbocycles. The van der Waals surface area contributed by atoms with Gasteiger partial charge in [-0.1, -0.05) is 30.4 Å². The van der Waals surface area contributed by atoms with E-state index in [1.165, 1.54) is 12.1 Å². The van der Waals surface area contributed by atoms with Gasteiger partial charge in [-0.3, -0.25) is 10.1 Å². The van der Waals surface area contributed by atoms with Gasteiger partial charge in [0.2, 0.25) is 0 Å². The zero-order chi connectivity index (χ0) is 11.5. The number of nitro benzene ring substituents is 1. The van der Waals surface area contributed by atoms with Gasteiger partial charge in [0.25, 0.3) is 5.69 Å². The lowest BCUT2D eigenvalue weighted by molar-refractivity contribution is -0.384. The fourth-order valence-corrected chi connectivity index (χ4v) is 1.79. The van der Waals surface area contributed by atoms with Crippen LogP contribution in [-0.2, 0) is 0 Å². The first-order valence-corrected chi connectivity index (χ1v) is 4.96. The normalized spacial score (nSPS) is 18.6. The molecule has 1 aromatic rings. The van der Waals surface area contributed by atoms with Crippen LogP contribution in [0, 0.1) is 16.0 Å². The Morgan fingerprint density at radius 3 is 2.94 bits per heavy atom. The number of rotatable bonds is 3. The summed E-state index contributed by atoms with van der Waals surface area (Å²) in [5.74, 6) is -0.0537. The Bertz CT molecular complexity index is 477. The van der Waals surface area contributed by atoms with Crippen molar-refractivity contribution >= 4 is 11.3 Å². The van der Waals surface area contributed by atoms with E-state index in [9.17, 15) is 10.1 Å². The minimum absolute atomic E-state index is 0.0189. The molecule has 0 aliphatic heterocycles. The second-order valence-electron chi connectivity index (χ2n) is 3.60. The number of allylic oxidation sites excluding steroid dienone is 2. The Morgan fingerprint density at radius 2 is 2.25 bits per heavy atom. The molecule has 1 atom stereocenters. The number of nitro groups is 1. The summed E-state index contributed by atoms with van der Waals surface area (Å²) in [6, 6.07) is 6.46. The summed E-state index contributed by atoms with van der Waals surface area (Å²) in [5.41, 5.74) is 1.78. The van der Waals surface area contributed by atoms with Gasteiger partial charge in [0.05, 0.1) is 11.5 Å². The van der Waals surface area contributed by atoms with Crippen LogP contribution < -0.4 is 0 Å². The molecular weight excluding hydrogens is 206 g/mol. The molecule has 1 N–H and O–H groups in total. The second-order valence-corrected chi connectivity index (χ2v) is 3.60. The fraction of sp³-hybridized carbons (Fsp3) is 0.167. The fourth-order valence-electron chi connectivity index (χ4n) is 1.79. The molecule has 1 unspecified atom stereocenters. The first kappa shape index (κ1) is 10.6. The Balaban J connectivity index is 2.35. The predicted octanol–water partition coefficient (Wildman–Crippen LogP) is 2.16. The van der Waals surface area contributed by atoms with E-state index >= 15 is 0 Å². The predicted molar refractivity (Wildman–Crippen MR) is 60.8 cm³/mol. The maximum absolute atomic E-state index is 10.6. The molecule has 2 rings (SSSR count). The third-order valence-corrected chi connectivity index (χ3v) is 2.61. The Labute approximate surface area is 92.7 Å². The van der Waals surface area contributed by atoms with Gasteiger partial charge in [-0.2, -0.15) is 0 Å². The molecule has 4 nitrogen and oxygen atoms in total. The highest BCUT2D eigenvalue weighted by molar-refractivity contribution is 5.74. The first-order valence-electron chi connectivity index (χ1n) is 4.96. The van der Waals surface area contributed by atoms with E-state index in [-0.39, 0.29) is 18.2 Å². The Kier molecular flexibility index (Phi) is 2.83. The van der Waals surface area contributed by atoms with Crippen LogP contribution in [0.25, 0.3) is 5.57 Å². The van der Waals surface area contributed by atoms with Crippen molar-refractivity contribution in [1.82, 2.24) is 0 Å². The number of nitrogens with zero attached hydrogens (tertiary/aromatic N) is 1. The lowest BCUT2D eigenvalue weighted by Gasteiger charge is -2.10. The standard InChI is InChI=1S/C12H11NO3/c14-8-10-4-2-6-12(10)9-3-1-5-11(7-9)13(15)16/h1-7,10,14H,8H2. The van der Waals surface area contributed by atoms with E-state index in [0.717, 1.165) is 11.1 Å². The van der Waals surface area contributed by atoms with Crippen molar-refractivity contribution in [3.05, 3.63) is 58.2 Å². The SMILES string of the molecule is O=[N+]([O-])c1cccc(C2=CC=CC2CO)c1. The summed E-state index contributed by atoms with van der Waals surface area (Å²) in [5, 5.41) is 19.8. The molecule has 16 heavy (non-hydrogen) atoms. The van der Waals surface area contributed by atoms with E-state index in [2.05, 4.69) is 0 Å². The highest BCUT2D eigenvalue weighted by Crippen LogP contribution is 2.30. The molecule has 0 bridgehead atoms. The molecule has 0 fully saturated rings. The Hall–Kier alpha value is -1.94. The average Bonchev–Trinajstić information content (AvgIpc) is 2.77. The van der Waals surface area contributed by atoms with Gasteiger partial charge < -0.3 is 5.11 Å². The quantitative estimate of drug-likeness (QED) is 0.623. The number of aliphatic hydroxyl groups is 1. The summed E-state index contributed by atoms with van der Waals surface area (Å²) in [6.07, 6.45) is 5.61. The summed E-state index contributed by atoms with van der Waals surface area (Å²) < 4.78 is 0. The maximum Gasteiger partial charge on any atom is 0.270 e. The van der Waals surface area contributed by atoms with Crippen LogP contribution in [-0.4, -0.2) is 16.6 Å². The van der Waals surface area contributed by atoms with E-state index in [4.69, 9.17) is 5.11 Å². The number of hydrogen-bond donors (Lipinski definition) is 1. The molecule has 0 amide bonds. The molecule has 0 spiro atoms. The van der Waals surface area contributed by atoms with E-state index in [1.807, 2.05) is 24.3 Å². The van der Waals surface area contributed by atoms with Crippen molar-refractivity contribution < 1.29 is 10.0 Å². The van der Waals surface area contributed by atoms with Crippen LogP contribution in [0.4, 0.5) is 5.69 Å². The van der Waals surface area contributed by atoms with Crippen molar-refractivity contribution in [2.75, 3.05) is 6.61 Å². The highest BCUT2D eigenvalue weighted by atomic mass is 16.6. The molecule has 0 radical (unpaired) electrons. The summed E-state index contributed by atoms with van der Waals surface area (Å²) in [4.78, 5) is 10.2. The van der Waals surface area contributed by atoms with E-state index in [1.54, 1.807) is 6.07 Å². The summed E-state index contributed by atoms with van der Waals surface area (Å²) >= 11 is 0. The van der Waals surface area contributed by atoms with Crippen molar-refractivity contribution in [3.63, 3.8) is 0 Å². The number of hydrogen-bond acceptors (Lipinski definition) is 3. The second kappa shape index (κ2) is 4.28. The molecule has 82 valence electrons. The minimum Gasteiger partial charge on any atom is -0.395 e. The molecule has 0 heterocycles. The lowest BCUT2D eigenvalue weighted by Crippen LogP contribution is -2.03. The topological polar surface area (TPSA) is 63.4 Å². The lowest BCUT2D eigenvalue weighted by atomic mass is 9.96. The third-order valence-electron chi connectivity index (χ3n) is 2.61. The van der Waals surface area contributed by atoms with Crippen molar-refractivity contribution in [2.24, 2.45) is 5.92 Å². The minimum atomic E-state index is -0.416. The molecule has 0 saturated heterocycles.